The average Bonchev–Trinajstić information content (AvgIpc) is 3.44. The number of piperazine rings is 1. The Balaban J connectivity index is 1.51. The number of hydrogen-bond donors (Lipinski definition) is 0. The van der Waals surface area contributed by atoms with Gasteiger partial charge in [-0.25, -0.2) is 0 Å². The summed E-state index contributed by atoms with van der Waals surface area (Å²) >= 11 is 1.62. The highest BCUT2D eigenvalue weighted by Gasteiger charge is 2.35. The predicted octanol–water partition coefficient (Wildman–Crippen LogP) is 2.25. The van der Waals surface area contributed by atoms with Crippen LogP contribution in [0.2, 0.25) is 0 Å². The summed E-state index contributed by atoms with van der Waals surface area (Å²) < 4.78 is 30.6. The van der Waals surface area contributed by atoms with Gasteiger partial charge in [0.05, 0.1) is 5.56 Å². The largest absolute Gasteiger partial charge is 0.336 e. The van der Waals surface area contributed by atoms with Gasteiger partial charge in [-0.05, 0) is 44.4 Å². The monoisotopic (exact) mass is 422 g/mol. The highest BCUT2D eigenvalue weighted by Crippen LogP contribution is 2.32. The lowest BCUT2D eigenvalue weighted by Gasteiger charge is -2.36. The second-order valence-electron chi connectivity index (χ2n) is 7.36. The van der Waals surface area contributed by atoms with E-state index in [-0.39, 0.29) is 5.91 Å². The molecule has 0 N–H and O–H groups in total. The summed E-state index contributed by atoms with van der Waals surface area (Å²) in [6, 6.07) is 3.89. The van der Waals surface area contributed by atoms with Crippen molar-refractivity contribution in [3.05, 3.63) is 40.5 Å². The fourth-order valence-corrected chi connectivity index (χ4v) is 6.66. The van der Waals surface area contributed by atoms with Crippen LogP contribution in [-0.2, 0) is 10.2 Å². The summed E-state index contributed by atoms with van der Waals surface area (Å²) in [5.41, 5.74) is 1.74. The molecule has 2 aliphatic rings. The van der Waals surface area contributed by atoms with E-state index in [1.165, 1.54) is 4.31 Å². The van der Waals surface area contributed by atoms with Crippen LogP contribution in [0.15, 0.2) is 24.5 Å². The Morgan fingerprint density at radius 2 is 1.50 bits per heavy atom. The minimum atomic E-state index is -3.40. The Labute approximate surface area is 170 Å². The Morgan fingerprint density at radius 1 is 0.929 bits per heavy atom. The van der Waals surface area contributed by atoms with E-state index in [4.69, 9.17) is 0 Å². The maximum absolute atomic E-state index is 13.3. The minimum Gasteiger partial charge on any atom is -0.336 e. The number of rotatable bonds is 4. The number of carbonyl (C=O) groups excluding carboxylic acids is 1. The van der Waals surface area contributed by atoms with Crippen molar-refractivity contribution in [2.75, 3.05) is 39.3 Å². The topological polar surface area (TPSA) is 65.9 Å². The van der Waals surface area contributed by atoms with Crippen LogP contribution >= 0.6 is 11.3 Å². The summed E-state index contributed by atoms with van der Waals surface area (Å²) in [5.74, 6) is -0.0104. The second kappa shape index (κ2) is 7.62. The number of carbonyl (C=O) groups is 1. The highest BCUT2D eigenvalue weighted by molar-refractivity contribution is 7.86. The molecule has 0 unspecified atom stereocenters. The number of amides is 1. The van der Waals surface area contributed by atoms with Crippen molar-refractivity contribution in [2.24, 2.45) is 0 Å². The van der Waals surface area contributed by atoms with Gasteiger partial charge in [-0.15, -0.1) is 11.3 Å². The molecule has 4 rings (SSSR count). The van der Waals surface area contributed by atoms with Crippen LogP contribution in [0.3, 0.4) is 0 Å². The number of thiophene rings is 1. The lowest BCUT2D eigenvalue weighted by Crippen LogP contribution is -2.53. The maximum atomic E-state index is 13.3. The van der Waals surface area contributed by atoms with E-state index >= 15 is 0 Å². The SMILES string of the molecule is Cc1sc(-n2cccc2)c(C(=O)N2CCN(S(=O)(=O)N3CCCC3)CC2)c1C. The first-order valence-corrected chi connectivity index (χ1v) is 11.9. The van der Waals surface area contributed by atoms with E-state index in [0.717, 1.165) is 33.8 Å². The fourth-order valence-electron chi connectivity index (χ4n) is 3.87. The molecule has 0 saturated carbocycles. The molecule has 152 valence electrons. The molecule has 0 aromatic carbocycles. The van der Waals surface area contributed by atoms with E-state index in [1.54, 1.807) is 20.5 Å². The molecule has 0 radical (unpaired) electrons. The first-order chi connectivity index (χ1) is 13.4. The normalized spacial score (nSPS) is 19.4. The average molecular weight is 423 g/mol. The van der Waals surface area contributed by atoms with Crippen molar-refractivity contribution in [1.29, 1.82) is 0 Å². The zero-order valence-corrected chi connectivity index (χ0v) is 17.9. The first-order valence-electron chi connectivity index (χ1n) is 9.67. The fraction of sp³-hybridized carbons (Fsp3) is 0.526. The molecule has 2 aromatic rings. The maximum Gasteiger partial charge on any atom is 0.282 e. The van der Waals surface area contributed by atoms with E-state index in [1.807, 2.05) is 42.9 Å². The summed E-state index contributed by atoms with van der Waals surface area (Å²) in [6.45, 7) is 6.78. The van der Waals surface area contributed by atoms with E-state index in [0.29, 0.717) is 39.3 Å². The Morgan fingerprint density at radius 3 is 2.11 bits per heavy atom. The number of nitrogens with zero attached hydrogens (tertiary/aromatic N) is 4. The third-order valence-corrected chi connectivity index (χ3v) is 8.92. The third-order valence-electron chi connectivity index (χ3n) is 5.66. The van der Waals surface area contributed by atoms with Gasteiger partial charge < -0.3 is 9.47 Å². The molecule has 0 bridgehead atoms. The van der Waals surface area contributed by atoms with Crippen LogP contribution in [-0.4, -0.2) is 71.7 Å². The van der Waals surface area contributed by atoms with Crippen molar-refractivity contribution in [3.63, 3.8) is 0 Å². The smallest absolute Gasteiger partial charge is 0.282 e. The zero-order valence-electron chi connectivity index (χ0n) is 16.3. The molecular formula is C19H26N4O3S2. The van der Waals surface area contributed by atoms with Crippen molar-refractivity contribution in [3.8, 4) is 5.00 Å². The molecule has 7 nitrogen and oxygen atoms in total. The third kappa shape index (κ3) is 3.41. The van der Waals surface area contributed by atoms with Gasteiger partial charge in [-0.1, -0.05) is 0 Å². The van der Waals surface area contributed by atoms with Gasteiger partial charge in [0.1, 0.15) is 5.00 Å². The molecule has 0 spiro atoms. The van der Waals surface area contributed by atoms with Crippen LogP contribution in [0.4, 0.5) is 0 Å². The van der Waals surface area contributed by atoms with Crippen LogP contribution in [0.25, 0.3) is 5.00 Å². The molecule has 4 heterocycles. The predicted molar refractivity (Wildman–Crippen MR) is 110 cm³/mol. The Hall–Kier alpha value is -1.68. The molecule has 2 aromatic heterocycles. The molecule has 28 heavy (non-hydrogen) atoms. The standard InChI is InChI=1S/C19H26N4O3S2/c1-15-16(2)27-19(21-7-3-4-8-21)17(15)18(24)20-11-13-23(14-12-20)28(25,26)22-9-5-6-10-22/h3-4,7-8H,5-6,9-14H2,1-2H3. The molecule has 2 fully saturated rings. The zero-order chi connectivity index (χ0) is 19.9. The number of hydrogen-bond acceptors (Lipinski definition) is 4. The number of aryl methyl sites for hydroxylation is 1. The summed E-state index contributed by atoms with van der Waals surface area (Å²) in [4.78, 5) is 16.2. The lowest BCUT2D eigenvalue weighted by molar-refractivity contribution is 0.0694. The molecule has 0 atom stereocenters. The first kappa shape index (κ1) is 19.6. The number of aromatic nitrogens is 1. The van der Waals surface area contributed by atoms with Crippen LogP contribution in [0.5, 0.6) is 0 Å². The van der Waals surface area contributed by atoms with Gasteiger partial charge >= 0.3 is 0 Å². The minimum absolute atomic E-state index is 0.0104. The Bertz CT molecular complexity index is 952. The molecule has 2 aliphatic heterocycles. The highest BCUT2D eigenvalue weighted by atomic mass is 32.2. The molecular weight excluding hydrogens is 396 g/mol. The van der Waals surface area contributed by atoms with Crippen LogP contribution in [0, 0.1) is 13.8 Å². The molecule has 0 aliphatic carbocycles. The molecule has 1 amide bonds. The van der Waals surface area contributed by atoms with Gasteiger partial charge in [-0.3, -0.25) is 4.79 Å². The second-order valence-corrected chi connectivity index (χ2v) is 10.5. The quantitative estimate of drug-likeness (QED) is 0.759. The summed E-state index contributed by atoms with van der Waals surface area (Å²) in [5, 5.41) is 0.928. The summed E-state index contributed by atoms with van der Waals surface area (Å²) in [7, 11) is -3.40. The van der Waals surface area contributed by atoms with Gasteiger partial charge in [0.15, 0.2) is 0 Å². The van der Waals surface area contributed by atoms with Crippen LogP contribution in [0.1, 0.15) is 33.6 Å². The van der Waals surface area contributed by atoms with E-state index in [2.05, 4.69) is 0 Å². The molecule has 2 saturated heterocycles. The summed E-state index contributed by atoms with van der Waals surface area (Å²) in [6.07, 6.45) is 5.75. The van der Waals surface area contributed by atoms with E-state index in [9.17, 15) is 13.2 Å². The van der Waals surface area contributed by atoms with E-state index < -0.39 is 10.2 Å². The van der Waals surface area contributed by atoms with Gasteiger partial charge in [-0.2, -0.15) is 17.0 Å². The Kier molecular flexibility index (Phi) is 5.34. The van der Waals surface area contributed by atoms with Crippen molar-refractivity contribution in [2.45, 2.75) is 26.7 Å². The van der Waals surface area contributed by atoms with Crippen molar-refractivity contribution in [1.82, 2.24) is 18.1 Å². The van der Waals surface area contributed by atoms with Gasteiger partial charge in [0, 0.05) is 56.5 Å². The lowest BCUT2D eigenvalue weighted by atomic mass is 10.1. The van der Waals surface area contributed by atoms with Gasteiger partial charge in [0.2, 0.25) is 0 Å². The molecule has 9 heteroatoms. The van der Waals surface area contributed by atoms with Crippen molar-refractivity contribution < 1.29 is 13.2 Å². The van der Waals surface area contributed by atoms with Crippen LogP contribution < -0.4 is 0 Å². The van der Waals surface area contributed by atoms with Gasteiger partial charge in [0.25, 0.3) is 16.1 Å². The van der Waals surface area contributed by atoms with Crippen molar-refractivity contribution >= 4 is 27.5 Å².